The summed E-state index contributed by atoms with van der Waals surface area (Å²) in [4.78, 5) is 5.07. The first-order valence-electron chi connectivity index (χ1n) is 23.4. The van der Waals surface area contributed by atoms with Gasteiger partial charge < -0.3 is 9.80 Å². The van der Waals surface area contributed by atoms with Crippen LogP contribution >= 0.6 is 0 Å². The van der Waals surface area contributed by atoms with E-state index >= 15 is 0 Å². The van der Waals surface area contributed by atoms with E-state index in [9.17, 15) is 0 Å². The van der Waals surface area contributed by atoms with Crippen LogP contribution in [0.1, 0.15) is 44.5 Å². The van der Waals surface area contributed by atoms with Gasteiger partial charge in [-0.15, -0.1) is 0 Å². The summed E-state index contributed by atoms with van der Waals surface area (Å²) in [5, 5.41) is 8.00. The molecule has 0 saturated carbocycles. The van der Waals surface area contributed by atoms with Gasteiger partial charge in [-0.2, -0.15) is 0 Å². The van der Waals surface area contributed by atoms with Crippen LogP contribution in [-0.2, 0) is 4.66 Å². The van der Waals surface area contributed by atoms with Crippen LogP contribution < -0.4 is 9.80 Å². The largest absolute Gasteiger partial charge is 0.310 e. The Labute approximate surface area is 389 Å². The monoisotopic (exact) mass is 878 g/mol. The number of fused-ring (bicyclic) bond motifs is 10. The van der Waals surface area contributed by atoms with Gasteiger partial charge in [-0.1, -0.05) is 142 Å². The summed E-state index contributed by atoms with van der Waals surface area (Å²) in [6.45, 7) is 29.4. The van der Waals surface area contributed by atoms with Gasteiger partial charge in [0.25, 0.3) is 0 Å². The van der Waals surface area contributed by atoms with Crippen molar-refractivity contribution in [1.29, 1.82) is 0 Å². The smallest absolute Gasteiger partial charge is 0.0579 e. The van der Waals surface area contributed by atoms with Crippen molar-refractivity contribution in [2.45, 2.75) is 85.5 Å². The van der Waals surface area contributed by atoms with Crippen molar-refractivity contribution in [3.63, 3.8) is 0 Å². The Balaban J connectivity index is 1.36. The molecular weight excluding hydrogens is 817 g/mol. The molecule has 0 aliphatic heterocycles. The summed E-state index contributed by atoms with van der Waals surface area (Å²) >= 11 is 0. The third-order valence-electron chi connectivity index (χ3n) is 14.5. The van der Waals surface area contributed by atoms with Crippen LogP contribution in [0.4, 0.5) is 34.1 Å². The van der Waals surface area contributed by atoms with E-state index in [2.05, 4.69) is 248 Å². The SMILES string of the molecule is Cc1cc(C)cc(N(c2ccc3c4c(c5ccccc5c3c2)-c2c(cc(N(c3cc(C)cc(C)c3)c3ccccc3C)c3ccccc23)C4([Si](C)(C)C)[Si](C)(C)C)c2ccccc2C)c1. The van der Waals surface area contributed by atoms with E-state index in [1.807, 2.05) is 0 Å². The Kier molecular flexibility index (Phi) is 10.2. The second-order valence-corrected chi connectivity index (χ2v) is 32.1. The van der Waals surface area contributed by atoms with Gasteiger partial charge in [0, 0.05) is 38.5 Å². The third kappa shape index (κ3) is 6.62. The lowest BCUT2D eigenvalue weighted by Gasteiger charge is -2.52. The minimum Gasteiger partial charge on any atom is -0.310 e. The van der Waals surface area contributed by atoms with E-state index in [1.54, 1.807) is 5.56 Å². The summed E-state index contributed by atoms with van der Waals surface area (Å²) < 4.78 is -0.142. The standard InChI is InChI=1S/C61H62N2Si2/c1-39-31-40(2)34-46(33-39)62(55-27-19-13-21-43(55)5)45-29-30-52-53(37-45)48-23-15-17-25-50(48)59-58-51-26-18-16-24-49(51)57(38-54(58)61(60(52)59,64(7,8)9)65(10,11)12)63(56-28-20-14-22-44(56)6)47-35-41(3)32-42(4)36-47/h13-38H,1-12H3. The van der Waals surface area contributed by atoms with Crippen LogP contribution in [0.3, 0.4) is 0 Å². The molecule has 4 heteroatoms. The number of hydrogen-bond donors (Lipinski definition) is 0. The Morgan fingerprint density at radius 1 is 0.338 bits per heavy atom. The molecule has 9 aromatic carbocycles. The average Bonchev–Trinajstić information content (AvgIpc) is 3.58. The quantitative estimate of drug-likeness (QED) is 0.111. The van der Waals surface area contributed by atoms with Gasteiger partial charge in [0.05, 0.1) is 21.8 Å². The highest BCUT2D eigenvalue weighted by molar-refractivity contribution is 7.00. The number of benzene rings is 9. The maximum absolute atomic E-state index is 2.69. The molecule has 65 heavy (non-hydrogen) atoms. The Morgan fingerprint density at radius 2 is 0.785 bits per heavy atom. The summed E-state index contributed by atoms with van der Waals surface area (Å²) in [5.74, 6) is 0. The molecule has 1 aliphatic rings. The topological polar surface area (TPSA) is 6.48 Å². The van der Waals surface area contributed by atoms with Crippen molar-refractivity contribution in [1.82, 2.24) is 0 Å². The maximum atomic E-state index is 2.69. The van der Waals surface area contributed by atoms with Crippen molar-refractivity contribution in [2.75, 3.05) is 9.80 Å². The van der Waals surface area contributed by atoms with Crippen LogP contribution in [0.2, 0.25) is 39.3 Å². The number of anilines is 6. The van der Waals surface area contributed by atoms with Gasteiger partial charge in [-0.3, -0.25) is 0 Å². The second kappa shape index (κ2) is 15.5. The van der Waals surface area contributed by atoms with E-state index in [0.29, 0.717) is 0 Å². The number of rotatable bonds is 8. The van der Waals surface area contributed by atoms with Crippen molar-refractivity contribution in [2.24, 2.45) is 0 Å². The molecule has 0 fully saturated rings. The maximum Gasteiger partial charge on any atom is 0.0579 e. The fourth-order valence-corrected chi connectivity index (χ4v) is 25.5. The predicted molar refractivity (Wildman–Crippen MR) is 290 cm³/mol. The van der Waals surface area contributed by atoms with Crippen molar-refractivity contribution in [3.8, 4) is 11.1 Å². The molecule has 2 nitrogen and oxygen atoms in total. The molecule has 0 atom stereocenters. The fraction of sp³-hybridized carbons (Fsp3) is 0.213. The van der Waals surface area contributed by atoms with Crippen LogP contribution in [0.25, 0.3) is 43.4 Å². The van der Waals surface area contributed by atoms with Crippen molar-refractivity contribution in [3.05, 3.63) is 202 Å². The average molecular weight is 879 g/mol. The van der Waals surface area contributed by atoms with E-state index in [4.69, 9.17) is 0 Å². The van der Waals surface area contributed by atoms with Gasteiger partial charge in [0.2, 0.25) is 0 Å². The molecule has 0 spiro atoms. The molecule has 0 unspecified atom stereocenters. The lowest BCUT2D eigenvalue weighted by Crippen LogP contribution is -2.63. The first-order valence-corrected chi connectivity index (χ1v) is 30.4. The molecule has 0 saturated heterocycles. The van der Waals surface area contributed by atoms with Crippen LogP contribution in [0.15, 0.2) is 158 Å². The Hall–Kier alpha value is -6.21. The molecule has 9 aromatic rings. The lowest BCUT2D eigenvalue weighted by molar-refractivity contribution is 0.963. The highest BCUT2D eigenvalue weighted by Crippen LogP contribution is 2.64. The molecular formula is C61H62N2Si2. The normalized spacial score (nSPS) is 13.4. The molecule has 0 amide bonds. The van der Waals surface area contributed by atoms with E-state index in [0.717, 1.165) is 0 Å². The van der Waals surface area contributed by atoms with Crippen molar-refractivity contribution >= 4 is 82.6 Å². The molecule has 0 radical (unpaired) electrons. The molecule has 0 heterocycles. The molecule has 0 bridgehead atoms. The molecule has 0 aromatic heterocycles. The summed E-state index contributed by atoms with van der Waals surface area (Å²) in [5.41, 5.74) is 20.8. The predicted octanol–water partition coefficient (Wildman–Crippen LogP) is 18.0. The number of para-hydroxylation sites is 2. The zero-order valence-corrected chi connectivity index (χ0v) is 42.4. The van der Waals surface area contributed by atoms with Crippen LogP contribution in [-0.4, -0.2) is 16.1 Å². The van der Waals surface area contributed by atoms with E-state index < -0.39 is 16.1 Å². The van der Waals surface area contributed by atoms with Crippen LogP contribution in [0.5, 0.6) is 0 Å². The first-order chi connectivity index (χ1) is 31.0. The molecule has 10 rings (SSSR count). The first kappa shape index (κ1) is 42.7. The minimum absolute atomic E-state index is 0.142. The van der Waals surface area contributed by atoms with E-state index in [1.165, 1.54) is 117 Å². The molecule has 1 aliphatic carbocycles. The highest BCUT2D eigenvalue weighted by atomic mass is 28.4. The number of aryl methyl sites for hydroxylation is 6. The Morgan fingerprint density at radius 3 is 1.31 bits per heavy atom. The lowest BCUT2D eigenvalue weighted by atomic mass is 9.89. The Bertz CT molecular complexity index is 3330. The van der Waals surface area contributed by atoms with Gasteiger partial charge in [-0.05, 0) is 179 Å². The fourth-order valence-electron chi connectivity index (χ4n) is 12.5. The summed E-state index contributed by atoms with van der Waals surface area (Å²) in [7, 11) is -4.35. The molecule has 0 N–H and O–H groups in total. The number of nitrogens with zero attached hydrogens (tertiary/aromatic N) is 2. The minimum atomic E-state index is -2.18. The van der Waals surface area contributed by atoms with Gasteiger partial charge in [0.15, 0.2) is 0 Å². The third-order valence-corrected chi connectivity index (χ3v) is 24.5. The number of hydrogen-bond acceptors (Lipinski definition) is 2. The highest BCUT2D eigenvalue weighted by Gasteiger charge is 2.60. The summed E-state index contributed by atoms with van der Waals surface area (Å²) in [6, 6.07) is 60.6. The van der Waals surface area contributed by atoms with Gasteiger partial charge in [0.1, 0.15) is 0 Å². The zero-order valence-electron chi connectivity index (χ0n) is 40.4. The van der Waals surface area contributed by atoms with Gasteiger partial charge in [-0.25, -0.2) is 0 Å². The molecule has 324 valence electrons. The van der Waals surface area contributed by atoms with E-state index in [-0.39, 0.29) is 4.66 Å². The summed E-state index contributed by atoms with van der Waals surface area (Å²) in [6.07, 6.45) is 0. The second-order valence-electron chi connectivity index (χ2n) is 21.1. The van der Waals surface area contributed by atoms with Gasteiger partial charge >= 0.3 is 0 Å². The van der Waals surface area contributed by atoms with Crippen molar-refractivity contribution < 1.29 is 0 Å². The van der Waals surface area contributed by atoms with Crippen LogP contribution in [0, 0.1) is 41.5 Å². The zero-order chi connectivity index (χ0) is 45.7.